The van der Waals surface area contributed by atoms with Crippen LogP contribution in [0.3, 0.4) is 0 Å². The highest BCUT2D eigenvalue weighted by atomic mass is 15.0. The minimum Gasteiger partial charge on any atom is -0.328 e. The molecule has 0 saturated carbocycles. The summed E-state index contributed by atoms with van der Waals surface area (Å²) in [6.45, 7) is 4.02. The number of pyridine rings is 1. The molecule has 3 heteroatoms. The van der Waals surface area contributed by atoms with Crippen LogP contribution in [-0.4, -0.2) is 15.4 Å². The number of nitrogens with zero attached hydrogens (tertiary/aromatic N) is 2. The molecule has 0 spiro atoms. The van der Waals surface area contributed by atoms with Gasteiger partial charge in [0, 0.05) is 12.2 Å². The van der Waals surface area contributed by atoms with Crippen LogP contribution in [0.1, 0.15) is 18.3 Å². The van der Waals surface area contributed by atoms with Crippen molar-refractivity contribution in [3.63, 3.8) is 0 Å². The van der Waals surface area contributed by atoms with Crippen molar-refractivity contribution in [3.8, 4) is 0 Å². The Morgan fingerprint density at radius 2 is 2.29 bits per heavy atom. The predicted octanol–water partition coefficient (Wildman–Crippen LogP) is 1.53. The fourth-order valence-corrected chi connectivity index (χ4v) is 1.66. The summed E-state index contributed by atoms with van der Waals surface area (Å²) < 4.78 is 2.09. The summed E-state index contributed by atoms with van der Waals surface area (Å²) in [6, 6.07) is 4.40. The lowest BCUT2D eigenvalue weighted by atomic mass is 10.1. The van der Waals surface area contributed by atoms with E-state index < -0.39 is 0 Å². The molecule has 2 N–H and O–H groups in total. The maximum Gasteiger partial charge on any atom is 0.110 e. The maximum absolute atomic E-state index is 5.76. The first kappa shape index (κ1) is 9.21. The molecule has 1 atom stereocenters. The van der Waals surface area contributed by atoms with E-state index in [0.717, 1.165) is 17.8 Å². The zero-order chi connectivity index (χ0) is 10.1. The second-order valence-corrected chi connectivity index (χ2v) is 3.82. The van der Waals surface area contributed by atoms with Gasteiger partial charge in [-0.3, -0.25) is 0 Å². The van der Waals surface area contributed by atoms with Crippen LogP contribution in [0, 0.1) is 6.92 Å². The third-order valence-corrected chi connectivity index (χ3v) is 2.33. The van der Waals surface area contributed by atoms with Gasteiger partial charge in [-0.25, -0.2) is 4.98 Å². The predicted molar refractivity (Wildman–Crippen MR) is 57.3 cm³/mol. The molecular weight excluding hydrogens is 174 g/mol. The average Bonchev–Trinajstić information content (AvgIpc) is 2.47. The molecule has 0 radical (unpaired) electrons. The molecule has 0 fully saturated rings. The molecule has 14 heavy (non-hydrogen) atoms. The Bertz CT molecular complexity index is 443. The number of hydrogen-bond acceptors (Lipinski definition) is 2. The summed E-state index contributed by atoms with van der Waals surface area (Å²) in [5.74, 6) is 1.02. The number of fused-ring (bicyclic) bond motifs is 1. The van der Waals surface area contributed by atoms with Gasteiger partial charge in [0.05, 0.1) is 11.7 Å². The smallest absolute Gasteiger partial charge is 0.110 e. The van der Waals surface area contributed by atoms with Crippen molar-refractivity contribution in [2.45, 2.75) is 26.3 Å². The minimum atomic E-state index is 0.205. The molecule has 0 aromatic carbocycles. The molecule has 0 amide bonds. The van der Waals surface area contributed by atoms with Crippen LogP contribution >= 0.6 is 0 Å². The summed E-state index contributed by atoms with van der Waals surface area (Å²) >= 11 is 0. The lowest BCUT2D eigenvalue weighted by Crippen LogP contribution is -2.17. The van der Waals surface area contributed by atoms with E-state index in [0.29, 0.717) is 0 Å². The zero-order valence-electron chi connectivity index (χ0n) is 8.57. The van der Waals surface area contributed by atoms with Crippen molar-refractivity contribution in [1.82, 2.24) is 9.38 Å². The van der Waals surface area contributed by atoms with E-state index in [-0.39, 0.29) is 6.04 Å². The molecule has 3 nitrogen and oxygen atoms in total. The Kier molecular flexibility index (Phi) is 2.25. The number of aryl methyl sites for hydroxylation is 1. The molecule has 1 unspecified atom stereocenters. The molecule has 2 aromatic heterocycles. The minimum absolute atomic E-state index is 0.205. The molecule has 0 saturated heterocycles. The van der Waals surface area contributed by atoms with E-state index in [9.17, 15) is 0 Å². The molecule has 2 rings (SSSR count). The Hall–Kier alpha value is -1.35. The van der Waals surface area contributed by atoms with Gasteiger partial charge in [0.1, 0.15) is 5.82 Å². The van der Waals surface area contributed by atoms with Crippen LogP contribution in [-0.2, 0) is 6.42 Å². The van der Waals surface area contributed by atoms with Crippen LogP contribution in [0.5, 0.6) is 0 Å². The Labute approximate surface area is 83.6 Å². The van der Waals surface area contributed by atoms with Crippen molar-refractivity contribution < 1.29 is 0 Å². The second-order valence-electron chi connectivity index (χ2n) is 3.82. The van der Waals surface area contributed by atoms with Crippen molar-refractivity contribution >= 4 is 5.52 Å². The quantitative estimate of drug-likeness (QED) is 0.778. The Morgan fingerprint density at radius 1 is 1.50 bits per heavy atom. The van der Waals surface area contributed by atoms with Crippen molar-refractivity contribution in [2.24, 2.45) is 5.73 Å². The largest absolute Gasteiger partial charge is 0.328 e. The van der Waals surface area contributed by atoms with Gasteiger partial charge in [-0.15, -0.1) is 0 Å². The summed E-state index contributed by atoms with van der Waals surface area (Å²) in [5.41, 5.74) is 8.15. The number of imidazole rings is 1. The monoisotopic (exact) mass is 189 g/mol. The van der Waals surface area contributed by atoms with E-state index >= 15 is 0 Å². The third kappa shape index (κ3) is 1.63. The van der Waals surface area contributed by atoms with Crippen LogP contribution in [0.25, 0.3) is 5.52 Å². The van der Waals surface area contributed by atoms with Gasteiger partial charge in [-0.1, -0.05) is 6.07 Å². The van der Waals surface area contributed by atoms with E-state index in [1.54, 1.807) is 0 Å². The van der Waals surface area contributed by atoms with Gasteiger partial charge < -0.3 is 10.1 Å². The Morgan fingerprint density at radius 3 is 3.00 bits per heavy atom. The first-order valence-corrected chi connectivity index (χ1v) is 4.85. The molecular formula is C11H15N3. The van der Waals surface area contributed by atoms with Gasteiger partial charge in [-0.05, 0) is 31.9 Å². The lowest BCUT2D eigenvalue weighted by Gasteiger charge is -2.06. The van der Waals surface area contributed by atoms with Gasteiger partial charge in [0.2, 0.25) is 0 Å². The van der Waals surface area contributed by atoms with Crippen LogP contribution < -0.4 is 5.73 Å². The standard InChI is InChI=1S/C11H15N3/c1-8(12)5-10-3-4-11-6-13-9(2)14(11)7-10/h3-4,6-8H,5,12H2,1-2H3. The topological polar surface area (TPSA) is 43.3 Å². The van der Waals surface area contributed by atoms with E-state index in [2.05, 4.69) is 27.7 Å². The summed E-state index contributed by atoms with van der Waals surface area (Å²) in [7, 11) is 0. The van der Waals surface area contributed by atoms with Gasteiger partial charge >= 0.3 is 0 Å². The fourth-order valence-electron chi connectivity index (χ4n) is 1.66. The van der Waals surface area contributed by atoms with E-state index in [1.807, 2.05) is 20.0 Å². The highest BCUT2D eigenvalue weighted by molar-refractivity contribution is 5.46. The molecule has 0 aliphatic heterocycles. The molecule has 2 heterocycles. The van der Waals surface area contributed by atoms with Gasteiger partial charge in [0.25, 0.3) is 0 Å². The van der Waals surface area contributed by atoms with Gasteiger partial charge in [0.15, 0.2) is 0 Å². The molecule has 0 bridgehead atoms. The van der Waals surface area contributed by atoms with Crippen molar-refractivity contribution in [1.29, 1.82) is 0 Å². The van der Waals surface area contributed by atoms with Crippen molar-refractivity contribution in [3.05, 3.63) is 35.9 Å². The van der Waals surface area contributed by atoms with Gasteiger partial charge in [-0.2, -0.15) is 0 Å². The normalized spacial score (nSPS) is 13.4. The number of nitrogens with two attached hydrogens (primary N) is 1. The van der Waals surface area contributed by atoms with Crippen LogP contribution in [0.2, 0.25) is 0 Å². The molecule has 0 aliphatic carbocycles. The average molecular weight is 189 g/mol. The highest BCUT2D eigenvalue weighted by Gasteiger charge is 2.01. The summed E-state index contributed by atoms with van der Waals surface area (Å²) in [6.07, 6.45) is 4.90. The Balaban J connectivity index is 2.44. The summed E-state index contributed by atoms with van der Waals surface area (Å²) in [5, 5.41) is 0. The third-order valence-electron chi connectivity index (χ3n) is 2.33. The van der Waals surface area contributed by atoms with Crippen LogP contribution in [0.15, 0.2) is 24.5 Å². The molecule has 0 aliphatic rings. The lowest BCUT2D eigenvalue weighted by molar-refractivity contribution is 0.734. The number of aromatic nitrogens is 2. The van der Waals surface area contributed by atoms with E-state index in [4.69, 9.17) is 5.73 Å². The maximum atomic E-state index is 5.76. The molecule has 2 aromatic rings. The van der Waals surface area contributed by atoms with E-state index in [1.165, 1.54) is 5.56 Å². The fraction of sp³-hybridized carbons (Fsp3) is 0.364. The summed E-state index contributed by atoms with van der Waals surface area (Å²) in [4.78, 5) is 4.25. The highest BCUT2D eigenvalue weighted by Crippen LogP contribution is 2.09. The van der Waals surface area contributed by atoms with Crippen molar-refractivity contribution in [2.75, 3.05) is 0 Å². The SMILES string of the molecule is Cc1ncc2ccc(CC(C)N)cn12. The van der Waals surface area contributed by atoms with Crippen LogP contribution in [0.4, 0.5) is 0 Å². The molecule has 74 valence electrons. The second kappa shape index (κ2) is 3.42. The number of rotatable bonds is 2. The number of hydrogen-bond donors (Lipinski definition) is 1. The zero-order valence-corrected chi connectivity index (χ0v) is 8.57. The first-order chi connectivity index (χ1) is 6.66. The first-order valence-electron chi connectivity index (χ1n) is 4.85.